The third-order valence-corrected chi connectivity index (χ3v) is 4.57. The largest absolute Gasteiger partial charge is 0.343 e. The van der Waals surface area contributed by atoms with Crippen molar-refractivity contribution in [2.45, 2.75) is 38.3 Å². The van der Waals surface area contributed by atoms with Crippen LogP contribution in [0.25, 0.3) is 0 Å². The summed E-state index contributed by atoms with van der Waals surface area (Å²) in [7, 11) is 0. The van der Waals surface area contributed by atoms with E-state index >= 15 is 0 Å². The van der Waals surface area contributed by atoms with Crippen molar-refractivity contribution in [3.05, 3.63) is 21.9 Å². The highest BCUT2D eigenvalue weighted by atomic mass is 79.9. The van der Waals surface area contributed by atoms with Gasteiger partial charge in [0.15, 0.2) is 0 Å². The van der Waals surface area contributed by atoms with Gasteiger partial charge in [-0.3, -0.25) is 4.79 Å². The van der Waals surface area contributed by atoms with Crippen molar-refractivity contribution in [1.82, 2.24) is 9.88 Å². The van der Waals surface area contributed by atoms with Crippen LogP contribution >= 0.6 is 15.9 Å². The molecule has 15 heavy (non-hydrogen) atoms. The molecular formula is C11H13BrN2O. The van der Waals surface area contributed by atoms with Gasteiger partial charge in [-0.05, 0) is 47.7 Å². The Morgan fingerprint density at radius 2 is 2.27 bits per heavy atom. The van der Waals surface area contributed by atoms with Crippen molar-refractivity contribution < 1.29 is 4.79 Å². The summed E-state index contributed by atoms with van der Waals surface area (Å²) >= 11 is 3.47. The first-order chi connectivity index (χ1) is 7.11. The van der Waals surface area contributed by atoms with E-state index < -0.39 is 0 Å². The van der Waals surface area contributed by atoms with Crippen LogP contribution in [0.3, 0.4) is 0 Å². The fraction of sp³-hybridized carbons (Fsp3) is 0.545. The summed E-state index contributed by atoms with van der Waals surface area (Å²) in [5, 5.41) is 3.15. The molecule has 1 amide bonds. The fourth-order valence-corrected chi connectivity index (χ4v) is 3.09. The molecule has 1 aromatic rings. The SMILES string of the molecule is Cc1cn2c(c1Br)C(=O)NC1(CCC1)C2. The number of carbonyl (C=O) groups is 1. The molecule has 0 saturated heterocycles. The summed E-state index contributed by atoms with van der Waals surface area (Å²) in [4.78, 5) is 12.0. The number of carbonyl (C=O) groups excluding carboxylic acids is 1. The van der Waals surface area contributed by atoms with Gasteiger partial charge in [-0.15, -0.1) is 0 Å². The van der Waals surface area contributed by atoms with Gasteiger partial charge in [-0.25, -0.2) is 0 Å². The summed E-state index contributed by atoms with van der Waals surface area (Å²) in [5.74, 6) is 0.0703. The first kappa shape index (κ1) is 9.46. The number of amides is 1. The summed E-state index contributed by atoms with van der Waals surface area (Å²) in [5.41, 5.74) is 1.98. The number of rotatable bonds is 0. The van der Waals surface area contributed by atoms with Gasteiger partial charge in [0.25, 0.3) is 5.91 Å². The molecule has 1 aliphatic heterocycles. The van der Waals surface area contributed by atoms with E-state index in [1.807, 2.05) is 6.92 Å². The Bertz CT molecular complexity index is 446. The van der Waals surface area contributed by atoms with Crippen LogP contribution in [0.2, 0.25) is 0 Å². The van der Waals surface area contributed by atoms with E-state index in [1.165, 1.54) is 6.42 Å². The smallest absolute Gasteiger partial charge is 0.269 e. The van der Waals surface area contributed by atoms with Gasteiger partial charge >= 0.3 is 0 Å². The van der Waals surface area contributed by atoms with Crippen LogP contribution in [0, 0.1) is 6.92 Å². The summed E-state index contributed by atoms with van der Waals surface area (Å²) in [6, 6.07) is 0. The minimum Gasteiger partial charge on any atom is -0.343 e. The van der Waals surface area contributed by atoms with E-state index in [0.29, 0.717) is 0 Å². The Morgan fingerprint density at radius 3 is 2.87 bits per heavy atom. The first-order valence-corrected chi connectivity index (χ1v) is 6.08. The molecule has 1 saturated carbocycles. The van der Waals surface area contributed by atoms with Gasteiger partial charge in [0.05, 0.1) is 10.0 Å². The maximum Gasteiger partial charge on any atom is 0.269 e. The highest BCUT2D eigenvalue weighted by Crippen LogP contribution is 2.38. The number of nitrogens with zero attached hydrogens (tertiary/aromatic N) is 1. The van der Waals surface area contributed by atoms with Crippen LogP contribution in [-0.2, 0) is 6.54 Å². The zero-order chi connectivity index (χ0) is 10.6. The molecule has 1 fully saturated rings. The van der Waals surface area contributed by atoms with Gasteiger partial charge in [0, 0.05) is 12.7 Å². The lowest BCUT2D eigenvalue weighted by Gasteiger charge is -2.45. The molecule has 80 valence electrons. The van der Waals surface area contributed by atoms with E-state index in [2.05, 4.69) is 32.0 Å². The van der Waals surface area contributed by atoms with Gasteiger partial charge in [-0.2, -0.15) is 0 Å². The van der Waals surface area contributed by atoms with Crippen molar-refractivity contribution >= 4 is 21.8 Å². The van der Waals surface area contributed by atoms with Crippen LogP contribution < -0.4 is 5.32 Å². The average Bonchev–Trinajstić information content (AvgIpc) is 2.40. The minimum absolute atomic E-state index is 0.0645. The van der Waals surface area contributed by atoms with Gasteiger partial charge < -0.3 is 9.88 Å². The lowest BCUT2D eigenvalue weighted by molar-refractivity contribution is 0.0718. The standard InChI is InChI=1S/C11H13BrN2O/c1-7-5-14-6-11(3-2-4-11)13-10(15)9(14)8(7)12/h5H,2-4,6H2,1H3,(H,13,15). The number of aromatic nitrogens is 1. The molecule has 1 N–H and O–H groups in total. The maximum absolute atomic E-state index is 12.0. The zero-order valence-electron chi connectivity index (χ0n) is 8.64. The van der Waals surface area contributed by atoms with E-state index in [0.717, 1.165) is 35.1 Å². The number of nitrogens with one attached hydrogen (secondary N) is 1. The monoisotopic (exact) mass is 268 g/mol. The van der Waals surface area contributed by atoms with E-state index in [4.69, 9.17) is 0 Å². The van der Waals surface area contributed by atoms with Crippen LogP contribution in [-0.4, -0.2) is 16.0 Å². The molecule has 4 heteroatoms. The topological polar surface area (TPSA) is 34.0 Å². The normalized spacial score (nSPS) is 22.1. The van der Waals surface area contributed by atoms with Gasteiger partial charge in [0.1, 0.15) is 5.69 Å². The van der Waals surface area contributed by atoms with Crippen LogP contribution in [0.1, 0.15) is 35.3 Å². The Labute approximate surface area is 97.0 Å². The van der Waals surface area contributed by atoms with Crippen molar-refractivity contribution in [2.24, 2.45) is 0 Å². The molecule has 0 unspecified atom stereocenters. The van der Waals surface area contributed by atoms with Gasteiger partial charge in [0.2, 0.25) is 0 Å². The number of hydrogen-bond donors (Lipinski definition) is 1. The third-order valence-electron chi connectivity index (χ3n) is 3.57. The van der Waals surface area contributed by atoms with E-state index in [-0.39, 0.29) is 11.4 Å². The second kappa shape index (κ2) is 2.88. The van der Waals surface area contributed by atoms with Crippen molar-refractivity contribution in [3.8, 4) is 0 Å². The summed E-state index contributed by atoms with van der Waals surface area (Å²) < 4.78 is 3.03. The highest BCUT2D eigenvalue weighted by Gasteiger charge is 2.43. The molecule has 0 atom stereocenters. The van der Waals surface area contributed by atoms with Crippen molar-refractivity contribution in [1.29, 1.82) is 0 Å². The van der Waals surface area contributed by atoms with Crippen LogP contribution in [0.15, 0.2) is 10.7 Å². The lowest BCUT2D eigenvalue weighted by atomic mass is 9.75. The Balaban J connectivity index is 2.08. The summed E-state index contributed by atoms with van der Waals surface area (Å²) in [6.45, 7) is 2.96. The number of fused-ring (bicyclic) bond motifs is 1. The van der Waals surface area contributed by atoms with Crippen molar-refractivity contribution in [3.63, 3.8) is 0 Å². The van der Waals surface area contributed by atoms with Crippen molar-refractivity contribution in [2.75, 3.05) is 0 Å². The summed E-state index contributed by atoms with van der Waals surface area (Å²) in [6.07, 6.45) is 5.54. The quantitative estimate of drug-likeness (QED) is 0.770. The number of hydrogen-bond acceptors (Lipinski definition) is 1. The van der Waals surface area contributed by atoms with Crippen LogP contribution in [0.4, 0.5) is 0 Å². The predicted molar refractivity (Wildman–Crippen MR) is 60.9 cm³/mol. The molecule has 2 aliphatic rings. The molecule has 1 aromatic heterocycles. The molecule has 2 heterocycles. The number of aryl methyl sites for hydroxylation is 1. The average molecular weight is 269 g/mol. The molecule has 0 radical (unpaired) electrons. The second-order valence-corrected chi connectivity index (χ2v) is 5.48. The van der Waals surface area contributed by atoms with E-state index in [1.54, 1.807) is 0 Å². The van der Waals surface area contributed by atoms with E-state index in [9.17, 15) is 4.79 Å². The molecule has 1 aliphatic carbocycles. The molecule has 0 aromatic carbocycles. The van der Waals surface area contributed by atoms with Gasteiger partial charge in [-0.1, -0.05) is 0 Å². The number of halogens is 1. The molecule has 3 rings (SSSR count). The first-order valence-electron chi connectivity index (χ1n) is 5.29. The molecular weight excluding hydrogens is 256 g/mol. The fourth-order valence-electron chi connectivity index (χ4n) is 2.57. The Hall–Kier alpha value is -0.770. The molecule has 3 nitrogen and oxygen atoms in total. The minimum atomic E-state index is 0.0645. The second-order valence-electron chi connectivity index (χ2n) is 4.69. The molecule has 1 spiro atoms. The Kier molecular flexibility index (Phi) is 1.81. The van der Waals surface area contributed by atoms with Crippen LogP contribution in [0.5, 0.6) is 0 Å². The predicted octanol–water partition coefficient (Wildman–Crippen LogP) is 2.23. The maximum atomic E-state index is 12.0. The third kappa shape index (κ3) is 1.20. The molecule has 0 bridgehead atoms. The highest BCUT2D eigenvalue weighted by molar-refractivity contribution is 9.10. The Morgan fingerprint density at radius 1 is 1.53 bits per heavy atom. The zero-order valence-corrected chi connectivity index (χ0v) is 10.2. The lowest BCUT2D eigenvalue weighted by Crippen LogP contribution is -2.59.